The highest BCUT2D eigenvalue weighted by atomic mass is 19.3. The van der Waals surface area contributed by atoms with Crippen molar-refractivity contribution in [1.29, 1.82) is 0 Å². The summed E-state index contributed by atoms with van der Waals surface area (Å²) >= 11 is 0. The third-order valence-corrected chi connectivity index (χ3v) is 4.13. The number of hydrogen-bond donors (Lipinski definition) is 1. The fourth-order valence-electron chi connectivity index (χ4n) is 3.02. The van der Waals surface area contributed by atoms with Crippen LogP contribution >= 0.6 is 0 Å². The Balaban J connectivity index is 3.09. The maximum atomic E-state index is 13.8. The highest BCUT2D eigenvalue weighted by molar-refractivity contribution is 5.70. The molecule has 1 aliphatic heterocycles. The van der Waals surface area contributed by atoms with Crippen LogP contribution in [-0.4, -0.2) is 46.7 Å². The van der Waals surface area contributed by atoms with Crippen molar-refractivity contribution in [2.45, 2.75) is 58.4 Å². The lowest BCUT2D eigenvalue weighted by Crippen LogP contribution is -2.55. The van der Waals surface area contributed by atoms with Crippen LogP contribution < -0.4 is 0 Å². The van der Waals surface area contributed by atoms with Crippen molar-refractivity contribution in [3.05, 3.63) is 0 Å². The monoisotopic (exact) mass is 307 g/mol. The van der Waals surface area contributed by atoms with Gasteiger partial charge in [-0.3, -0.25) is 9.69 Å². The molecule has 0 aliphatic carbocycles. The van der Waals surface area contributed by atoms with E-state index in [4.69, 9.17) is 4.74 Å². The Bertz CT molecular complexity index is 420. The summed E-state index contributed by atoms with van der Waals surface area (Å²) in [5.41, 5.74) is -2.01. The minimum Gasteiger partial charge on any atom is -0.466 e. The second-order valence-corrected chi connectivity index (χ2v) is 6.49. The summed E-state index contributed by atoms with van der Waals surface area (Å²) in [5, 5.41) is 9.29. The Morgan fingerprint density at radius 1 is 1.33 bits per heavy atom. The first-order valence-corrected chi connectivity index (χ1v) is 6.99. The van der Waals surface area contributed by atoms with Crippen LogP contribution in [0, 0.1) is 5.41 Å². The van der Waals surface area contributed by atoms with Crippen LogP contribution in [0.5, 0.6) is 0 Å². The summed E-state index contributed by atoms with van der Waals surface area (Å²) in [6.45, 7) is 6.19. The second kappa shape index (κ2) is 5.77. The molecule has 21 heavy (non-hydrogen) atoms. The summed E-state index contributed by atoms with van der Waals surface area (Å²) in [6.07, 6.45) is -2.01. The number of alkyl halides is 2. The van der Waals surface area contributed by atoms with Crippen LogP contribution in [0.2, 0.25) is 0 Å². The molecule has 0 aromatic carbocycles. The smallest absolute Gasteiger partial charge is 0.407 e. The van der Waals surface area contributed by atoms with Crippen LogP contribution in [0.3, 0.4) is 0 Å². The SMILES string of the molecule is CCOC(=O)CC[C@@]1(C(C)(C)C)CC(F)(F)CN1C(=O)O. The molecule has 0 aromatic rings. The largest absolute Gasteiger partial charge is 0.466 e. The third kappa shape index (κ3) is 3.63. The Hall–Kier alpha value is -1.40. The molecule has 7 heteroatoms. The molecule has 0 aromatic heterocycles. The van der Waals surface area contributed by atoms with Crippen molar-refractivity contribution in [2.24, 2.45) is 5.41 Å². The van der Waals surface area contributed by atoms with E-state index in [0.29, 0.717) is 0 Å². The van der Waals surface area contributed by atoms with Crippen LogP contribution in [0.15, 0.2) is 0 Å². The molecule has 1 atom stereocenters. The van der Waals surface area contributed by atoms with E-state index in [1.165, 1.54) is 0 Å². The van der Waals surface area contributed by atoms with Gasteiger partial charge in [-0.05, 0) is 18.8 Å². The van der Waals surface area contributed by atoms with Gasteiger partial charge >= 0.3 is 12.1 Å². The molecule has 0 spiro atoms. The van der Waals surface area contributed by atoms with Crippen molar-refractivity contribution in [1.82, 2.24) is 4.90 Å². The van der Waals surface area contributed by atoms with E-state index in [2.05, 4.69) is 0 Å². The van der Waals surface area contributed by atoms with Gasteiger partial charge in [-0.1, -0.05) is 20.8 Å². The molecule has 1 rings (SSSR count). The highest BCUT2D eigenvalue weighted by Crippen LogP contribution is 2.51. The molecule has 1 saturated heterocycles. The number of likely N-dealkylation sites (tertiary alicyclic amines) is 1. The van der Waals surface area contributed by atoms with Crippen molar-refractivity contribution in [2.75, 3.05) is 13.2 Å². The Labute approximate surface area is 123 Å². The van der Waals surface area contributed by atoms with Gasteiger partial charge in [-0.2, -0.15) is 0 Å². The van der Waals surface area contributed by atoms with Crippen molar-refractivity contribution < 1.29 is 28.2 Å². The number of carbonyl (C=O) groups excluding carboxylic acids is 1. The summed E-state index contributed by atoms with van der Waals surface area (Å²) in [7, 11) is 0. The molecular weight excluding hydrogens is 284 g/mol. The van der Waals surface area contributed by atoms with Crippen LogP contribution in [0.4, 0.5) is 13.6 Å². The maximum Gasteiger partial charge on any atom is 0.407 e. The van der Waals surface area contributed by atoms with Crippen molar-refractivity contribution >= 4 is 12.1 Å². The average molecular weight is 307 g/mol. The molecule has 1 fully saturated rings. The number of carbonyl (C=O) groups is 2. The first-order valence-electron chi connectivity index (χ1n) is 6.99. The van der Waals surface area contributed by atoms with Gasteiger partial charge in [-0.15, -0.1) is 0 Å². The van der Waals surface area contributed by atoms with E-state index >= 15 is 0 Å². The standard InChI is InChI=1S/C14H23F2NO4/c1-5-21-10(18)6-7-13(12(2,3)4)8-14(15,16)9-17(13)11(19)20/h5-9H2,1-4H3,(H,19,20)/t13-/m0/s1. The van der Waals surface area contributed by atoms with E-state index in [-0.39, 0.29) is 19.4 Å². The lowest BCUT2D eigenvalue weighted by molar-refractivity contribution is -0.144. The van der Waals surface area contributed by atoms with Crippen molar-refractivity contribution in [3.8, 4) is 0 Å². The van der Waals surface area contributed by atoms with Crippen molar-refractivity contribution in [3.63, 3.8) is 0 Å². The fraction of sp³-hybridized carbons (Fsp3) is 0.857. The van der Waals surface area contributed by atoms with Gasteiger partial charge in [0.1, 0.15) is 0 Å². The Morgan fingerprint density at radius 3 is 2.33 bits per heavy atom. The Morgan fingerprint density at radius 2 is 1.90 bits per heavy atom. The molecular formula is C14H23F2NO4. The molecule has 5 nitrogen and oxygen atoms in total. The minimum absolute atomic E-state index is 0.0250. The number of esters is 1. The predicted molar refractivity (Wildman–Crippen MR) is 72.3 cm³/mol. The molecule has 0 saturated carbocycles. The highest BCUT2D eigenvalue weighted by Gasteiger charge is 2.61. The zero-order valence-electron chi connectivity index (χ0n) is 12.9. The average Bonchev–Trinajstić information content (AvgIpc) is 2.59. The fourth-order valence-corrected chi connectivity index (χ4v) is 3.02. The zero-order valence-corrected chi connectivity index (χ0v) is 12.9. The number of ether oxygens (including phenoxy) is 1. The minimum atomic E-state index is -3.08. The number of amides is 1. The van der Waals surface area contributed by atoms with E-state index in [9.17, 15) is 23.5 Å². The number of rotatable bonds is 4. The molecule has 0 radical (unpaired) electrons. The van der Waals surface area contributed by atoms with Gasteiger partial charge in [0, 0.05) is 12.8 Å². The van der Waals surface area contributed by atoms with Crippen LogP contribution in [0.25, 0.3) is 0 Å². The molecule has 0 unspecified atom stereocenters. The summed E-state index contributed by atoms with van der Waals surface area (Å²) < 4.78 is 32.5. The van der Waals surface area contributed by atoms with Gasteiger partial charge in [-0.25, -0.2) is 13.6 Å². The second-order valence-electron chi connectivity index (χ2n) is 6.49. The summed E-state index contributed by atoms with van der Waals surface area (Å²) in [6, 6.07) is 0. The number of carboxylic acid groups (broad SMARTS) is 1. The number of halogens is 2. The molecule has 1 aliphatic rings. The van der Waals surface area contributed by atoms with E-state index in [1.807, 2.05) is 0 Å². The number of hydrogen-bond acceptors (Lipinski definition) is 3. The molecule has 1 amide bonds. The van der Waals surface area contributed by atoms with Gasteiger partial charge < -0.3 is 9.84 Å². The maximum absolute atomic E-state index is 13.8. The van der Waals surface area contributed by atoms with Gasteiger partial charge in [0.15, 0.2) is 0 Å². The number of nitrogens with zero attached hydrogens (tertiary/aromatic N) is 1. The lowest BCUT2D eigenvalue weighted by Gasteiger charge is -2.46. The van der Waals surface area contributed by atoms with Crippen LogP contribution in [-0.2, 0) is 9.53 Å². The quantitative estimate of drug-likeness (QED) is 0.810. The first kappa shape index (κ1) is 17.7. The van der Waals surface area contributed by atoms with Crippen LogP contribution in [0.1, 0.15) is 47.0 Å². The van der Waals surface area contributed by atoms with E-state index in [1.54, 1.807) is 27.7 Å². The topological polar surface area (TPSA) is 66.8 Å². The third-order valence-electron chi connectivity index (χ3n) is 4.13. The molecule has 122 valence electrons. The van der Waals surface area contributed by atoms with E-state index < -0.39 is 41.9 Å². The first-order chi connectivity index (χ1) is 9.45. The van der Waals surface area contributed by atoms with Gasteiger partial charge in [0.05, 0.1) is 18.7 Å². The zero-order chi connectivity index (χ0) is 16.5. The molecule has 0 bridgehead atoms. The molecule has 1 N–H and O–H groups in total. The lowest BCUT2D eigenvalue weighted by atomic mass is 9.69. The summed E-state index contributed by atoms with van der Waals surface area (Å²) in [4.78, 5) is 23.7. The van der Waals surface area contributed by atoms with Gasteiger partial charge in [0.25, 0.3) is 5.92 Å². The summed E-state index contributed by atoms with van der Waals surface area (Å²) in [5.74, 6) is -3.58. The van der Waals surface area contributed by atoms with E-state index in [0.717, 1.165) is 4.90 Å². The predicted octanol–water partition coefficient (Wildman–Crippen LogP) is 3.13. The normalized spacial score (nSPS) is 25.0. The Kier molecular flexibility index (Phi) is 4.85. The molecule has 1 heterocycles. The van der Waals surface area contributed by atoms with Gasteiger partial charge in [0.2, 0.25) is 0 Å².